The normalized spacial score (nSPS) is 22.6. The lowest BCUT2D eigenvalue weighted by Gasteiger charge is -2.49. The zero-order valence-corrected chi connectivity index (χ0v) is 19.6. The van der Waals surface area contributed by atoms with Crippen molar-refractivity contribution in [2.45, 2.75) is 18.9 Å². The van der Waals surface area contributed by atoms with Crippen LogP contribution in [0.15, 0.2) is 18.2 Å². The number of nitro groups is 1. The van der Waals surface area contributed by atoms with Crippen LogP contribution in [0.3, 0.4) is 0 Å². The molecule has 186 valence electrons. The molecule has 2 atom stereocenters. The molecule has 2 unspecified atom stereocenters. The Morgan fingerprint density at radius 2 is 2.03 bits per heavy atom. The van der Waals surface area contributed by atoms with E-state index in [4.69, 9.17) is 9.47 Å². The van der Waals surface area contributed by atoms with Crippen molar-refractivity contribution >= 4 is 23.2 Å². The highest BCUT2D eigenvalue weighted by Gasteiger charge is 2.42. The fraction of sp³-hybridized carbons (Fsp3) is 0.652. The van der Waals surface area contributed by atoms with Gasteiger partial charge in [0.25, 0.3) is 5.69 Å². The van der Waals surface area contributed by atoms with Gasteiger partial charge in [-0.25, -0.2) is 0 Å². The van der Waals surface area contributed by atoms with Crippen LogP contribution in [-0.2, 0) is 25.5 Å². The molecule has 3 aliphatic rings. The summed E-state index contributed by atoms with van der Waals surface area (Å²) in [5.74, 6) is -0.341. The third kappa shape index (κ3) is 5.48. The number of ether oxygens (including phenoxy) is 2. The minimum atomic E-state index is -0.401. The van der Waals surface area contributed by atoms with Gasteiger partial charge in [0.15, 0.2) is 0 Å². The molecule has 2 saturated heterocycles. The van der Waals surface area contributed by atoms with Gasteiger partial charge in [0.2, 0.25) is 11.8 Å². The van der Waals surface area contributed by atoms with E-state index in [0.29, 0.717) is 78.5 Å². The maximum atomic E-state index is 13.2. The summed E-state index contributed by atoms with van der Waals surface area (Å²) in [6.45, 7) is 5.67. The summed E-state index contributed by atoms with van der Waals surface area (Å²) >= 11 is 0. The van der Waals surface area contributed by atoms with E-state index >= 15 is 0 Å². The molecular formula is C23H33N5O6. The lowest BCUT2D eigenvalue weighted by atomic mass is 9.83. The van der Waals surface area contributed by atoms with E-state index in [1.165, 1.54) is 6.07 Å². The van der Waals surface area contributed by atoms with Crippen molar-refractivity contribution in [2.24, 2.45) is 5.92 Å². The van der Waals surface area contributed by atoms with Gasteiger partial charge in [-0.15, -0.1) is 0 Å². The van der Waals surface area contributed by atoms with Crippen molar-refractivity contribution in [1.29, 1.82) is 0 Å². The number of carbonyl (C=O) groups is 2. The number of carbonyl (C=O) groups excluding carboxylic acids is 2. The molecule has 4 rings (SSSR count). The number of methoxy groups -OCH3 is 1. The summed E-state index contributed by atoms with van der Waals surface area (Å²) in [5.41, 5.74) is 1.80. The minimum absolute atomic E-state index is 0.0335. The van der Waals surface area contributed by atoms with Gasteiger partial charge < -0.3 is 24.6 Å². The average Bonchev–Trinajstić information content (AvgIpc) is 2.86. The molecule has 0 spiro atoms. The summed E-state index contributed by atoms with van der Waals surface area (Å²) < 4.78 is 10.4. The van der Waals surface area contributed by atoms with Crippen molar-refractivity contribution in [3.05, 3.63) is 33.9 Å². The standard InChI is InChI=1S/C23H33N5O6/c1-33-10-2-5-24-23(30)19-14-17-13-18(28(31)32)3-4-20(17)27-7-6-25(15-21(19)27)16-22(29)26-8-11-34-12-9-26/h3-4,13,19,21H,2,5-12,14-16H2,1H3,(H,24,30). The summed E-state index contributed by atoms with van der Waals surface area (Å²) in [6, 6.07) is 4.80. The van der Waals surface area contributed by atoms with Crippen LogP contribution in [-0.4, -0.2) is 105 Å². The number of morpholine rings is 1. The molecule has 0 aromatic heterocycles. The van der Waals surface area contributed by atoms with E-state index in [0.717, 1.165) is 11.3 Å². The molecule has 2 fully saturated rings. The van der Waals surface area contributed by atoms with E-state index in [1.54, 1.807) is 19.2 Å². The lowest BCUT2D eigenvalue weighted by Crippen LogP contribution is -2.62. The van der Waals surface area contributed by atoms with Crippen LogP contribution in [0.1, 0.15) is 12.0 Å². The maximum Gasteiger partial charge on any atom is 0.269 e. The topological polar surface area (TPSA) is 117 Å². The third-order valence-electron chi connectivity index (χ3n) is 6.87. The Morgan fingerprint density at radius 3 is 2.76 bits per heavy atom. The molecule has 11 heteroatoms. The second-order valence-corrected chi connectivity index (χ2v) is 9.01. The molecule has 0 bridgehead atoms. The summed E-state index contributed by atoms with van der Waals surface area (Å²) in [5, 5.41) is 14.3. The summed E-state index contributed by atoms with van der Waals surface area (Å²) in [6.07, 6.45) is 1.14. The molecule has 0 radical (unpaired) electrons. The minimum Gasteiger partial charge on any atom is -0.385 e. The van der Waals surface area contributed by atoms with Gasteiger partial charge >= 0.3 is 0 Å². The molecule has 1 aromatic carbocycles. The van der Waals surface area contributed by atoms with Crippen molar-refractivity contribution in [2.75, 3.05) is 77.6 Å². The number of benzene rings is 1. The fourth-order valence-corrected chi connectivity index (χ4v) is 5.09. The molecule has 1 N–H and O–H groups in total. The zero-order valence-electron chi connectivity index (χ0n) is 19.6. The molecule has 1 aromatic rings. The van der Waals surface area contributed by atoms with Crippen LogP contribution >= 0.6 is 0 Å². The molecule has 2 amide bonds. The van der Waals surface area contributed by atoms with E-state index in [1.807, 2.05) is 4.90 Å². The van der Waals surface area contributed by atoms with E-state index in [2.05, 4.69) is 15.1 Å². The highest BCUT2D eigenvalue weighted by molar-refractivity contribution is 5.82. The molecular weight excluding hydrogens is 442 g/mol. The number of non-ortho nitro benzene ring substituents is 1. The van der Waals surface area contributed by atoms with Gasteiger partial charge in [0, 0.05) is 70.8 Å². The maximum absolute atomic E-state index is 13.2. The van der Waals surface area contributed by atoms with Crippen molar-refractivity contribution in [3.63, 3.8) is 0 Å². The Balaban J connectivity index is 1.50. The number of nitrogens with zero attached hydrogens (tertiary/aromatic N) is 4. The number of amides is 2. The van der Waals surface area contributed by atoms with Gasteiger partial charge in [-0.3, -0.25) is 24.6 Å². The van der Waals surface area contributed by atoms with E-state index in [9.17, 15) is 19.7 Å². The summed E-state index contributed by atoms with van der Waals surface area (Å²) in [7, 11) is 1.62. The van der Waals surface area contributed by atoms with Crippen molar-refractivity contribution < 1.29 is 24.0 Å². The monoisotopic (exact) mass is 475 g/mol. The van der Waals surface area contributed by atoms with E-state index < -0.39 is 4.92 Å². The number of anilines is 1. The van der Waals surface area contributed by atoms with Gasteiger partial charge in [-0.1, -0.05) is 0 Å². The molecule has 34 heavy (non-hydrogen) atoms. The van der Waals surface area contributed by atoms with Crippen LogP contribution in [0, 0.1) is 16.0 Å². The van der Waals surface area contributed by atoms with Crippen LogP contribution < -0.4 is 10.2 Å². The Labute approximate surface area is 199 Å². The van der Waals surface area contributed by atoms with Gasteiger partial charge in [0.05, 0.1) is 36.6 Å². The average molecular weight is 476 g/mol. The number of nitro benzene ring substituents is 1. The first kappa shape index (κ1) is 24.4. The molecule has 3 aliphatic heterocycles. The second kappa shape index (κ2) is 11.1. The zero-order chi connectivity index (χ0) is 24.1. The molecule has 0 aliphatic carbocycles. The van der Waals surface area contributed by atoms with E-state index in [-0.39, 0.29) is 29.5 Å². The first-order valence-electron chi connectivity index (χ1n) is 11.9. The Kier molecular flexibility index (Phi) is 7.96. The number of hydrogen-bond acceptors (Lipinski definition) is 8. The molecule has 0 saturated carbocycles. The first-order chi connectivity index (χ1) is 16.5. The van der Waals surface area contributed by atoms with Crippen molar-refractivity contribution in [1.82, 2.24) is 15.1 Å². The number of piperazine rings is 1. The van der Waals surface area contributed by atoms with Gasteiger partial charge in [-0.05, 0) is 24.5 Å². The Bertz CT molecular complexity index is 906. The number of hydrogen-bond donors (Lipinski definition) is 1. The molecule has 11 nitrogen and oxygen atoms in total. The highest BCUT2D eigenvalue weighted by Crippen LogP contribution is 2.37. The quantitative estimate of drug-likeness (QED) is 0.323. The van der Waals surface area contributed by atoms with Crippen LogP contribution in [0.25, 0.3) is 0 Å². The highest BCUT2D eigenvalue weighted by atomic mass is 16.6. The molecule has 3 heterocycles. The summed E-state index contributed by atoms with van der Waals surface area (Å²) in [4.78, 5) is 43.1. The largest absolute Gasteiger partial charge is 0.385 e. The van der Waals surface area contributed by atoms with Crippen LogP contribution in [0.5, 0.6) is 0 Å². The number of fused-ring (bicyclic) bond motifs is 3. The van der Waals surface area contributed by atoms with Crippen LogP contribution in [0.2, 0.25) is 0 Å². The van der Waals surface area contributed by atoms with Gasteiger partial charge in [0.1, 0.15) is 0 Å². The predicted molar refractivity (Wildman–Crippen MR) is 125 cm³/mol. The Morgan fingerprint density at radius 1 is 1.24 bits per heavy atom. The first-order valence-corrected chi connectivity index (χ1v) is 11.9. The van der Waals surface area contributed by atoms with Crippen molar-refractivity contribution in [3.8, 4) is 0 Å². The SMILES string of the molecule is COCCCNC(=O)C1Cc2cc([N+](=O)[O-])ccc2N2CCN(CC(=O)N3CCOCC3)CC12. The number of nitrogens with one attached hydrogen (secondary N) is 1. The lowest BCUT2D eigenvalue weighted by molar-refractivity contribution is -0.384. The predicted octanol–water partition coefficient (Wildman–Crippen LogP) is 0.269. The second-order valence-electron chi connectivity index (χ2n) is 9.01. The fourth-order valence-electron chi connectivity index (χ4n) is 5.09. The number of rotatable bonds is 8. The van der Waals surface area contributed by atoms with Gasteiger partial charge in [-0.2, -0.15) is 0 Å². The van der Waals surface area contributed by atoms with Crippen LogP contribution in [0.4, 0.5) is 11.4 Å². The Hall–Kier alpha value is -2.76. The third-order valence-corrected chi connectivity index (χ3v) is 6.87. The smallest absolute Gasteiger partial charge is 0.269 e.